The highest BCUT2D eigenvalue weighted by molar-refractivity contribution is 5.69. The molecule has 4 fully saturated rings. The second-order valence-corrected chi connectivity index (χ2v) is 12.3. The number of esters is 1. The molecule has 4 saturated carbocycles. The van der Waals surface area contributed by atoms with Crippen molar-refractivity contribution < 1.29 is 19.7 Å². The molecule has 0 radical (unpaired) electrons. The van der Waals surface area contributed by atoms with Crippen LogP contribution in [0.1, 0.15) is 98.8 Å². The lowest BCUT2D eigenvalue weighted by atomic mass is 9.39. The van der Waals surface area contributed by atoms with Gasteiger partial charge in [0, 0.05) is 11.8 Å². The Balaban J connectivity index is 1.56. The van der Waals surface area contributed by atoms with Crippen molar-refractivity contribution in [3.05, 3.63) is 0 Å². The smallest absolute Gasteiger partial charge is 0.305 e. The van der Waals surface area contributed by atoms with Gasteiger partial charge < -0.3 is 14.9 Å². The van der Waals surface area contributed by atoms with E-state index in [0.29, 0.717) is 42.6 Å². The summed E-state index contributed by atoms with van der Waals surface area (Å²) < 4.78 is 5.16. The summed E-state index contributed by atoms with van der Waals surface area (Å²) in [6.07, 6.45) is 9.69. The van der Waals surface area contributed by atoms with Gasteiger partial charge in [-0.25, -0.2) is 0 Å². The van der Waals surface area contributed by atoms with Crippen LogP contribution in [0.2, 0.25) is 0 Å². The molecule has 4 nitrogen and oxygen atoms in total. The number of aliphatic hydroxyl groups is 2. The SMILES string of the molecule is CCOC(=O)CCC(C)C1CC[C@@]2(C)[C@@H]3CC[C@@H]4C[C@H](O)CC[C@]4(C)C3C[C@H](O)[C@]12C. The fourth-order valence-electron chi connectivity index (χ4n) is 9.37. The Morgan fingerprint density at radius 1 is 1.03 bits per heavy atom. The number of ether oxygens (including phenoxy) is 1. The molecule has 178 valence electrons. The Morgan fingerprint density at radius 2 is 1.77 bits per heavy atom. The van der Waals surface area contributed by atoms with Crippen molar-refractivity contribution in [3.8, 4) is 0 Å². The maximum Gasteiger partial charge on any atom is 0.305 e. The zero-order valence-electron chi connectivity index (χ0n) is 20.5. The van der Waals surface area contributed by atoms with E-state index in [9.17, 15) is 15.0 Å². The molecule has 4 aliphatic rings. The summed E-state index contributed by atoms with van der Waals surface area (Å²) in [5.74, 6) is 2.63. The molecule has 3 unspecified atom stereocenters. The van der Waals surface area contributed by atoms with E-state index >= 15 is 0 Å². The molecule has 0 aliphatic heterocycles. The predicted octanol–water partition coefficient (Wildman–Crippen LogP) is 5.35. The first-order valence-corrected chi connectivity index (χ1v) is 13.1. The van der Waals surface area contributed by atoms with E-state index in [4.69, 9.17) is 4.74 Å². The van der Waals surface area contributed by atoms with Crippen LogP contribution in [0.5, 0.6) is 0 Å². The molecule has 0 spiro atoms. The standard InChI is InChI=1S/C27H46O4/c1-6-31-24(30)10-7-17(2)20-12-14-26(4)21-9-8-18-15-19(28)11-13-25(18,3)22(21)16-23(29)27(20,26)5/h17-23,28-29H,6-16H2,1-5H3/t17?,18-,19-,20?,21-,22?,23+,25+,26+,27+/m1/s1. The van der Waals surface area contributed by atoms with Crippen LogP contribution in [-0.4, -0.2) is 35.0 Å². The third kappa shape index (κ3) is 3.50. The van der Waals surface area contributed by atoms with Gasteiger partial charge in [-0.3, -0.25) is 4.79 Å². The van der Waals surface area contributed by atoms with E-state index in [2.05, 4.69) is 27.7 Å². The van der Waals surface area contributed by atoms with Gasteiger partial charge in [0.1, 0.15) is 0 Å². The minimum Gasteiger partial charge on any atom is -0.466 e. The Hall–Kier alpha value is -0.610. The molecule has 0 bridgehead atoms. The predicted molar refractivity (Wildman–Crippen MR) is 122 cm³/mol. The van der Waals surface area contributed by atoms with Gasteiger partial charge >= 0.3 is 5.97 Å². The van der Waals surface area contributed by atoms with Gasteiger partial charge in [0.05, 0.1) is 18.8 Å². The van der Waals surface area contributed by atoms with E-state index < -0.39 is 0 Å². The van der Waals surface area contributed by atoms with Crippen LogP contribution in [0, 0.1) is 45.8 Å². The van der Waals surface area contributed by atoms with E-state index in [1.807, 2.05) is 6.92 Å². The fourth-order valence-corrected chi connectivity index (χ4v) is 9.37. The van der Waals surface area contributed by atoms with Crippen molar-refractivity contribution in [2.24, 2.45) is 45.8 Å². The first-order chi connectivity index (χ1) is 14.6. The van der Waals surface area contributed by atoms with Crippen LogP contribution in [0.15, 0.2) is 0 Å². The Morgan fingerprint density at radius 3 is 2.48 bits per heavy atom. The zero-order chi connectivity index (χ0) is 22.6. The fraction of sp³-hybridized carbons (Fsp3) is 0.963. The number of fused-ring (bicyclic) bond motifs is 5. The third-order valence-electron chi connectivity index (χ3n) is 11.4. The van der Waals surface area contributed by atoms with E-state index in [0.717, 1.165) is 38.5 Å². The molecule has 0 amide bonds. The van der Waals surface area contributed by atoms with Crippen LogP contribution in [0.25, 0.3) is 0 Å². The summed E-state index contributed by atoms with van der Waals surface area (Å²) in [6.45, 7) is 12.0. The van der Waals surface area contributed by atoms with Gasteiger partial charge in [0.2, 0.25) is 0 Å². The van der Waals surface area contributed by atoms with Crippen molar-refractivity contribution >= 4 is 5.97 Å². The Bertz CT molecular complexity index is 678. The Kier molecular flexibility index (Phi) is 6.31. The lowest BCUT2D eigenvalue weighted by molar-refractivity contribution is -0.211. The van der Waals surface area contributed by atoms with Crippen LogP contribution in [0.3, 0.4) is 0 Å². The van der Waals surface area contributed by atoms with Crippen LogP contribution in [-0.2, 0) is 9.53 Å². The number of rotatable bonds is 5. The topological polar surface area (TPSA) is 66.8 Å². The molecule has 2 N–H and O–H groups in total. The first kappa shape index (κ1) is 23.5. The monoisotopic (exact) mass is 434 g/mol. The largest absolute Gasteiger partial charge is 0.466 e. The maximum atomic E-state index is 11.9. The summed E-state index contributed by atoms with van der Waals surface area (Å²) >= 11 is 0. The number of carbonyl (C=O) groups excluding carboxylic acids is 1. The average Bonchev–Trinajstić information content (AvgIpc) is 3.01. The van der Waals surface area contributed by atoms with Gasteiger partial charge in [-0.1, -0.05) is 27.7 Å². The van der Waals surface area contributed by atoms with Gasteiger partial charge in [0.25, 0.3) is 0 Å². The number of carbonyl (C=O) groups is 1. The summed E-state index contributed by atoms with van der Waals surface area (Å²) in [4.78, 5) is 11.9. The van der Waals surface area contributed by atoms with Gasteiger partial charge in [-0.15, -0.1) is 0 Å². The van der Waals surface area contributed by atoms with Crippen molar-refractivity contribution in [1.29, 1.82) is 0 Å². The van der Waals surface area contributed by atoms with Gasteiger partial charge in [-0.2, -0.15) is 0 Å². The van der Waals surface area contributed by atoms with Crippen LogP contribution < -0.4 is 0 Å². The first-order valence-electron chi connectivity index (χ1n) is 13.1. The number of hydrogen-bond donors (Lipinski definition) is 2. The normalized spacial score (nSPS) is 50.2. The highest BCUT2D eigenvalue weighted by Crippen LogP contribution is 2.73. The quantitative estimate of drug-likeness (QED) is 0.573. The molecule has 0 aromatic heterocycles. The van der Waals surface area contributed by atoms with Gasteiger partial charge in [-0.05, 0) is 105 Å². The van der Waals surface area contributed by atoms with Crippen LogP contribution in [0.4, 0.5) is 0 Å². The van der Waals surface area contributed by atoms with Crippen LogP contribution >= 0.6 is 0 Å². The molecular weight excluding hydrogens is 388 g/mol. The molecule has 31 heavy (non-hydrogen) atoms. The number of aliphatic hydroxyl groups excluding tert-OH is 2. The molecule has 4 heteroatoms. The molecule has 0 heterocycles. The molecule has 0 aromatic carbocycles. The van der Waals surface area contributed by atoms with Crippen molar-refractivity contribution in [2.75, 3.05) is 6.61 Å². The lowest BCUT2D eigenvalue weighted by Gasteiger charge is -2.66. The van der Waals surface area contributed by atoms with Crippen molar-refractivity contribution in [2.45, 2.75) is 111 Å². The Labute approximate surface area is 189 Å². The zero-order valence-corrected chi connectivity index (χ0v) is 20.5. The molecule has 4 rings (SSSR count). The molecular formula is C27H46O4. The lowest BCUT2D eigenvalue weighted by Crippen LogP contribution is -2.62. The third-order valence-corrected chi connectivity index (χ3v) is 11.4. The van der Waals surface area contributed by atoms with E-state index in [1.54, 1.807) is 0 Å². The number of hydrogen-bond acceptors (Lipinski definition) is 4. The van der Waals surface area contributed by atoms with Crippen molar-refractivity contribution in [3.63, 3.8) is 0 Å². The van der Waals surface area contributed by atoms with Gasteiger partial charge in [0.15, 0.2) is 0 Å². The molecule has 0 aromatic rings. The highest BCUT2D eigenvalue weighted by atomic mass is 16.5. The maximum absolute atomic E-state index is 11.9. The molecule has 0 saturated heterocycles. The second-order valence-electron chi connectivity index (χ2n) is 12.3. The molecule has 10 atom stereocenters. The van der Waals surface area contributed by atoms with E-state index in [-0.39, 0.29) is 34.4 Å². The molecule has 4 aliphatic carbocycles. The highest BCUT2D eigenvalue weighted by Gasteiger charge is 2.68. The minimum absolute atomic E-state index is 0.0837. The summed E-state index contributed by atoms with van der Waals surface area (Å²) in [5, 5.41) is 22.0. The van der Waals surface area contributed by atoms with Crippen molar-refractivity contribution in [1.82, 2.24) is 0 Å². The summed E-state index contributed by atoms with van der Waals surface area (Å²) in [7, 11) is 0. The summed E-state index contributed by atoms with van der Waals surface area (Å²) in [5.41, 5.74) is 0.336. The van der Waals surface area contributed by atoms with E-state index in [1.165, 1.54) is 19.3 Å². The summed E-state index contributed by atoms with van der Waals surface area (Å²) in [6, 6.07) is 0. The second kappa shape index (κ2) is 8.31. The minimum atomic E-state index is -0.279. The average molecular weight is 435 g/mol.